The number of hydrogen-bond donors (Lipinski definition) is 0. The Morgan fingerprint density at radius 3 is 2.38 bits per heavy atom. The van der Waals surface area contributed by atoms with Crippen LogP contribution in [-0.4, -0.2) is 58.2 Å². The van der Waals surface area contributed by atoms with Crippen LogP contribution >= 0.6 is 0 Å². The molecule has 0 atom stereocenters. The highest BCUT2D eigenvalue weighted by Gasteiger charge is 2.41. The van der Waals surface area contributed by atoms with Crippen molar-refractivity contribution in [3.63, 3.8) is 0 Å². The van der Waals surface area contributed by atoms with Gasteiger partial charge < -0.3 is 9.80 Å². The molecule has 0 bridgehead atoms. The first-order valence-corrected chi connectivity index (χ1v) is 8.55. The van der Waals surface area contributed by atoms with Gasteiger partial charge in [-0.2, -0.15) is 18.3 Å². The van der Waals surface area contributed by atoms with Crippen molar-refractivity contribution in [3.05, 3.63) is 47.3 Å². The van der Waals surface area contributed by atoms with E-state index in [0.29, 0.717) is 37.4 Å². The summed E-state index contributed by atoms with van der Waals surface area (Å²) in [6, 6.07) is 6.67. The normalized spacial score (nSPS) is 16.1. The molecule has 0 spiro atoms. The van der Waals surface area contributed by atoms with E-state index in [1.165, 1.54) is 4.90 Å². The van der Waals surface area contributed by atoms with E-state index in [1.54, 1.807) is 31.2 Å². The Morgan fingerprint density at radius 1 is 1.15 bits per heavy atom. The number of para-hydroxylation sites is 1. The van der Waals surface area contributed by atoms with Gasteiger partial charge in [-0.3, -0.25) is 4.79 Å². The number of halogens is 3. The van der Waals surface area contributed by atoms with Gasteiger partial charge >= 0.3 is 6.18 Å². The lowest BCUT2D eigenvalue weighted by Gasteiger charge is -2.34. The van der Waals surface area contributed by atoms with E-state index >= 15 is 0 Å². The number of amides is 1. The monoisotopic (exact) mass is 366 g/mol. The molecular weight excluding hydrogens is 345 g/mol. The summed E-state index contributed by atoms with van der Waals surface area (Å²) in [4.78, 5) is 16.4. The first-order valence-electron chi connectivity index (χ1n) is 8.55. The molecule has 140 valence electrons. The number of rotatable bonds is 3. The van der Waals surface area contributed by atoms with Crippen molar-refractivity contribution in [2.75, 3.05) is 32.7 Å². The van der Waals surface area contributed by atoms with Crippen molar-refractivity contribution >= 4 is 5.91 Å². The first kappa shape index (κ1) is 18.4. The number of carbonyl (C=O) groups is 1. The minimum atomic E-state index is -4.69. The highest BCUT2D eigenvalue weighted by molar-refractivity contribution is 5.95. The zero-order chi connectivity index (χ0) is 18.9. The lowest BCUT2D eigenvalue weighted by molar-refractivity contribution is -0.143. The van der Waals surface area contributed by atoms with Crippen molar-refractivity contribution in [3.8, 4) is 5.69 Å². The van der Waals surface area contributed by atoms with Gasteiger partial charge in [-0.25, -0.2) is 4.68 Å². The summed E-state index contributed by atoms with van der Waals surface area (Å²) in [6.45, 7) is 6.75. The van der Waals surface area contributed by atoms with Crippen LogP contribution in [0.2, 0.25) is 0 Å². The maximum Gasteiger partial charge on any atom is 0.434 e. The number of carbonyl (C=O) groups excluding carboxylic acids is 1. The number of alkyl halides is 3. The molecule has 2 heterocycles. The lowest BCUT2D eigenvalue weighted by Crippen LogP contribution is -2.48. The van der Waals surface area contributed by atoms with Crippen LogP contribution in [0.4, 0.5) is 13.2 Å². The van der Waals surface area contributed by atoms with Gasteiger partial charge in [0.2, 0.25) is 0 Å². The quantitative estimate of drug-likeness (QED) is 0.839. The standard InChI is InChI=1S/C18H21F3N4O/c1-3-23-8-10-24(11-9-23)17(26)14-12-22-25(16(14)18(19,20)21)15-7-5-4-6-13(15)2/h4-7,12H,3,8-11H2,1-2H3. The van der Waals surface area contributed by atoms with Crippen molar-refractivity contribution in [1.29, 1.82) is 0 Å². The predicted octanol–water partition coefficient (Wildman–Crippen LogP) is 2.98. The SMILES string of the molecule is CCN1CCN(C(=O)c2cnn(-c3ccccc3C)c2C(F)(F)F)CC1. The Kier molecular flexibility index (Phi) is 5.04. The summed E-state index contributed by atoms with van der Waals surface area (Å²) in [5, 5.41) is 3.90. The molecule has 0 saturated carbocycles. The van der Waals surface area contributed by atoms with Gasteiger partial charge in [0.25, 0.3) is 5.91 Å². The number of benzene rings is 1. The number of nitrogens with zero attached hydrogens (tertiary/aromatic N) is 4. The predicted molar refractivity (Wildman–Crippen MR) is 91.3 cm³/mol. The fraction of sp³-hybridized carbons (Fsp3) is 0.444. The summed E-state index contributed by atoms with van der Waals surface area (Å²) in [5.74, 6) is -0.618. The fourth-order valence-electron chi connectivity index (χ4n) is 3.20. The zero-order valence-corrected chi connectivity index (χ0v) is 14.8. The summed E-state index contributed by atoms with van der Waals surface area (Å²) in [7, 11) is 0. The van der Waals surface area contributed by atoms with Gasteiger partial charge in [-0.1, -0.05) is 25.1 Å². The smallest absolute Gasteiger partial charge is 0.336 e. The van der Waals surface area contributed by atoms with Crippen LogP contribution in [0.5, 0.6) is 0 Å². The number of hydrogen-bond acceptors (Lipinski definition) is 3. The van der Waals surface area contributed by atoms with Crippen LogP contribution < -0.4 is 0 Å². The molecule has 26 heavy (non-hydrogen) atoms. The summed E-state index contributed by atoms with van der Waals surface area (Å²) in [6.07, 6.45) is -3.65. The molecule has 0 N–H and O–H groups in total. The molecule has 1 aromatic heterocycles. The van der Waals surface area contributed by atoms with Crippen LogP contribution in [0.25, 0.3) is 5.69 Å². The van der Waals surface area contributed by atoms with Gasteiger partial charge in [0, 0.05) is 26.2 Å². The summed E-state index contributed by atoms with van der Waals surface area (Å²) >= 11 is 0. The van der Waals surface area contributed by atoms with Gasteiger partial charge in [0.15, 0.2) is 5.69 Å². The average Bonchev–Trinajstić information content (AvgIpc) is 3.07. The van der Waals surface area contributed by atoms with Crippen molar-refractivity contribution < 1.29 is 18.0 Å². The zero-order valence-electron chi connectivity index (χ0n) is 14.8. The Morgan fingerprint density at radius 2 is 1.81 bits per heavy atom. The van der Waals surface area contributed by atoms with E-state index in [9.17, 15) is 18.0 Å². The molecule has 0 aliphatic carbocycles. The van der Waals surface area contributed by atoms with Gasteiger partial charge in [0.1, 0.15) is 0 Å². The second kappa shape index (κ2) is 7.11. The highest BCUT2D eigenvalue weighted by atomic mass is 19.4. The Balaban J connectivity index is 1.98. The molecular formula is C18H21F3N4O. The Hall–Kier alpha value is -2.35. The van der Waals surface area contributed by atoms with Gasteiger partial charge in [-0.15, -0.1) is 0 Å². The van der Waals surface area contributed by atoms with Crippen LogP contribution in [0.3, 0.4) is 0 Å². The van der Waals surface area contributed by atoms with Crippen molar-refractivity contribution in [1.82, 2.24) is 19.6 Å². The molecule has 1 aliphatic heterocycles. The van der Waals surface area contributed by atoms with Crippen molar-refractivity contribution in [2.45, 2.75) is 20.0 Å². The van der Waals surface area contributed by atoms with E-state index in [4.69, 9.17) is 0 Å². The molecule has 0 radical (unpaired) electrons. The maximum absolute atomic E-state index is 13.8. The summed E-state index contributed by atoms with van der Waals surface area (Å²) in [5.41, 5.74) is -0.452. The lowest BCUT2D eigenvalue weighted by atomic mass is 10.1. The fourth-order valence-corrected chi connectivity index (χ4v) is 3.20. The third-order valence-electron chi connectivity index (χ3n) is 4.72. The number of aromatic nitrogens is 2. The first-order chi connectivity index (χ1) is 12.3. The summed E-state index contributed by atoms with van der Waals surface area (Å²) < 4.78 is 42.1. The van der Waals surface area contributed by atoms with E-state index < -0.39 is 23.3 Å². The van der Waals surface area contributed by atoms with Gasteiger partial charge in [-0.05, 0) is 25.1 Å². The number of piperazine rings is 1. The maximum atomic E-state index is 13.8. The minimum Gasteiger partial charge on any atom is -0.336 e. The molecule has 2 aromatic rings. The number of aryl methyl sites for hydroxylation is 1. The molecule has 5 nitrogen and oxygen atoms in total. The van der Waals surface area contributed by atoms with E-state index in [1.807, 2.05) is 6.92 Å². The molecule has 1 aliphatic rings. The third-order valence-corrected chi connectivity index (χ3v) is 4.72. The molecule has 0 unspecified atom stereocenters. The molecule has 8 heteroatoms. The average molecular weight is 366 g/mol. The van der Waals surface area contributed by atoms with Crippen LogP contribution in [0.1, 0.15) is 28.5 Å². The van der Waals surface area contributed by atoms with E-state index in [-0.39, 0.29) is 0 Å². The molecule has 1 saturated heterocycles. The third kappa shape index (κ3) is 3.46. The Bertz CT molecular complexity index is 792. The number of likely N-dealkylation sites (N-methyl/N-ethyl adjacent to an activating group) is 1. The second-order valence-electron chi connectivity index (χ2n) is 6.33. The molecule has 1 aromatic carbocycles. The van der Waals surface area contributed by atoms with Crippen LogP contribution in [-0.2, 0) is 6.18 Å². The molecule has 3 rings (SSSR count). The van der Waals surface area contributed by atoms with Crippen LogP contribution in [0, 0.1) is 6.92 Å². The highest BCUT2D eigenvalue weighted by Crippen LogP contribution is 2.34. The van der Waals surface area contributed by atoms with E-state index in [2.05, 4.69) is 10.00 Å². The largest absolute Gasteiger partial charge is 0.434 e. The Labute approximate surface area is 150 Å². The van der Waals surface area contributed by atoms with Crippen molar-refractivity contribution in [2.24, 2.45) is 0 Å². The topological polar surface area (TPSA) is 41.4 Å². The van der Waals surface area contributed by atoms with E-state index in [0.717, 1.165) is 17.4 Å². The second-order valence-corrected chi connectivity index (χ2v) is 6.33. The van der Waals surface area contributed by atoms with Crippen LogP contribution in [0.15, 0.2) is 30.5 Å². The van der Waals surface area contributed by atoms with Gasteiger partial charge in [0.05, 0.1) is 17.4 Å². The molecule has 1 amide bonds. The molecule has 1 fully saturated rings. The minimum absolute atomic E-state index is 0.315.